The molecule has 1 fully saturated rings. The summed E-state index contributed by atoms with van der Waals surface area (Å²) in [6.45, 7) is 10.9. The van der Waals surface area contributed by atoms with Crippen molar-refractivity contribution in [1.82, 2.24) is 5.32 Å². The molecule has 1 aliphatic rings. The number of carboxylic acid groups (broad SMARTS) is 1. The summed E-state index contributed by atoms with van der Waals surface area (Å²) in [6.07, 6.45) is 4.41. The molecule has 1 rings (SSSR count). The highest BCUT2D eigenvalue weighted by atomic mass is 16.4. The summed E-state index contributed by atoms with van der Waals surface area (Å²) in [5.41, 5.74) is 0.356. The van der Waals surface area contributed by atoms with Crippen LogP contribution in [0.5, 0.6) is 0 Å². The Morgan fingerprint density at radius 1 is 1.17 bits per heavy atom. The summed E-state index contributed by atoms with van der Waals surface area (Å²) >= 11 is 0. The quantitative estimate of drug-likeness (QED) is 0.810. The van der Waals surface area contributed by atoms with Crippen LogP contribution < -0.4 is 5.32 Å². The Morgan fingerprint density at radius 3 is 2.00 bits per heavy atom. The molecular weight excluding hydrogens is 226 g/mol. The fourth-order valence-corrected chi connectivity index (χ4v) is 3.09. The Labute approximate surface area is 111 Å². The van der Waals surface area contributed by atoms with Gasteiger partial charge in [0.2, 0.25) is 0 Å². The molecule has 0 bridgehead atoms. The van der Waals surface area contributed by atoms with Crippen LogP contribution in [0.15, 0.2) is 0 Å². The zero-order valence-electron chi connectivity index (χ0n) is 12.5. The summed E-state index contributed by atoms with van der Waals surface area (Å²) in [7, 11) is 0. The Balaban J connectivity index is 2.57. The first kappa shape index (κ1) is 15.5. The molecule has 2 N–H and O–H groups in total. The smallest absolute Gasteiger partial charge is 0.320 e. The van der Waals surface area contributed by atoms with E-state index in [1.165, 1.54) is 0 Å². The summed E-state index contributed by atoms with van der Waals surface area (Å²) in [5, 5.41) is 12.5. The second-order valence-electron chi connectivity index (χ2n) is 7.12. The van der Waals surface area contributed by atoms with E-state index in [-0.39, 0.29) is 12.1 Å². The third-order valence-corrected chi connectivity index (χ3v) is 4.25. The average molecular weight is 255 g/mol. The van der Waals surface area contributed by atoms with Gasteiger partial charge in [-0.2, -0.15) is 0 Å². The molecule has 0 radical (unpaired) electrons. The van der Waals surface area contributed by atoms with Crippen molar-refractivity contribution in [1.29, 1.82) is 0 Å². The first-order chi connectivity index (χ1) is 8.21. The van der Waals surface area contributed by atoms with Gasteiger partial charge in [-0.05, 0) is 42.9 Å². The molecule has 0 aliphatic heterocycles. The fourth-order valence-electron chi connectivity index (χ4n) is 3.09. The topological polar surface area (TPSA) is 49.3 Å². The van der Waals surface area contributed by atoms with Crippen molar-refractivity contribution in [2.75, 3.05) is 0 Å². The Kier molecular flexibility index (Phi) is 5.20. The molecule has 106 valence electrons. The minimum atomic E-state index is -0.692. The molecule has 0 spiro atoms. The van der Waals surface area contributed by atoms with Gasteiger partial charge in [-0.3, -0.25) is 4.79 Å². The molecule has 0 aromatic rings. The maximum absolute atomic E-state index is 11.4. The molecule has 1 unspecified atom stereocenters. The average Bonchev–Trinajstić information content (AvgIpc) is 2.24. The highest BCUT2D eigenvalue weighted by Gasteiger charge is 2.35. The third-order valence-electron chi connectivity index (χ3n) is 4.25. The van der Waals surface area contributed by atoms with Gasteiger partial charge in [0.1, 0.15) is 6.04 Å². The van der Waals surface area contributed by atoms with Crippen LogP contribution in [0.4, 0.5) is 0 Å². The zero-order chi connectivity index (χ0) is 13.9. The van der Waals surface area contributed by atoms with Crippen molar-refractivity contribution in [2.45, 2.75) is 72.4 Å². The van der Waals surface area contributed by atoms with Crippen LogP contribution in [-0.2, 0) is 4.79 Å². The Bertz CT molecular complexity index is 273. The van der Waals surface area contributed by atoms with Gasteiger partial charge in [0, 0.05) is 6.04 Å². The predicted molar refractivity (Wildman–Crippen MR) is 74.6 cm³/mol. The molecule has 0 amide bonds. The van der Waals surface area contributed by atoms with Crippen molar-refractivity contribution in [2.24, 2.45) is 17.3 Å². The molecule has 1 aliphatic carbocycles. The number of hydrogen-bond acceptors (Lipinski definition) is 2. The van der Waals surface area contributed by atoms with E-state index < -0.39 is 5.97 Å². The largest absolute Gasteiger partial charge is 0.480 e. The molecule has 1 atom stereocenters. The minimum Gasteiger partial charge on any atom is -0.480 e. The molecule has 3 heteroatoms. The lowest BCUT2D eigenvalue weighted by Gasteiger charge is -2.39. The standard InChI is InChI=1S/C15H29NO2/c1-10(2)16-13(14(17)18)11-6-8-12(9-7-11)15(3,4)5/h10-13,16H,6-9H2,1-5H3,(H,17,18). The molecule has 3 nitrogen and oxygen atoms in total. The van der Waals surface area contributed by atoms with Gasteiger partial charge in [0.15, 0.2) is 0 Å². The Hall–Kier alpha value is -0.570. The van der Waals surface area contributed by atoms with E-state index in [1.807, 2.05) is 13.8 Å². The first-order valence-corrected chi connectivity index (χ1v) is 7.20. The monoisotopic (exact) mass is 255 g/mol. The minimum absolute atomic E-state index is 0.228. The van der Waals surface area contributed by atoms with Gasteiger partial charge >= 0.3 is 5.97 Å². The number of nitrogens with one attached hydrogen (secondary N) is 1. The van der Waals surface area contributed by atoms with E-state index in [0.717, 1.165) is 31.6 Å². The summed E-state index contributed by atoms with van der Waals surface area (Å²) in [5.74, 6) is 0.341. The van der Waals surface area contributed by atoms with Gasteiger partial charge in [0.25, 0.3) is 0 Å². The summed E-state index contributed by atoms with van der Waals surface area (Å²) < 4.78 is 0. The van der Waals surface area contributed by atoms with Gasteiger partial charge < -0.3 is 10.4 Å². The van der Waals surface area contributed by atoms with Crippen molar-refractivity contribution in [3.8, 4) is 0 Å². The van der Waals surface area contributed by atoms with Crippen LogP contribution in [0.25, 0.3) is 0 Å². The maximum Gasteiger partial charge on any atom is 0.320 e. The second kappa shape index (κ2) is 6.05. The lowest BCUT2D eigenvalue weighted by Crippen LogP contribution is -2.47. The highest BCUT2D eigenvalue weighted by molar-refractivity contribution is 5.73. The van der Waals surface area contributed by atoms with Crippen molar-refractivity contribution in [3.05, 3.63) is 0 Å². The predicted octanol–water partition coefficient (Wildman–Crippen LogP) is 3.29. The van der Waals surface area contributed by atoms with Crippen LogP contribution in [0.1, 0.15) is 60.3 Å². The molecule has 0 aromatic carbocycles. The van der Waals surface area contributed by atoms with Crippen molar-refractivity contribution in [3.63, 3.8) is 0 Å². The second-order valence-corrected chi connectivity index (χ2v) is 7.12. The summed E-state index contributed by atoms with van der Waals surface area (Å²) in [4.78, 5) is 11.4. The van der Waals surface area contributed by atoms with Gasteiger partial charge in [-0.25, -0.2) is 0 Å². The van der Waals surface area contributed by atoms with Crippen LogP contribution in [-0.4, -0.2) is 23.2 Å². The zero-order valence-corrected chi connectivity index (χ0v) is 12.5. The molecular formula is C15H29NO2. The van der Waals surface area contributed by atoms with Crippen molar-refractivity contribution < 1.29 is 9.90 Å². The van der Waals surface area contributed by atoms with E-state index in [1.54, 1.807) is 0 Å². The van der Waals surface area contributed by atoms with E-state index in [0.29, 0.717) is 11.3 Å². The van der Waals surface area contributed by atoms with Crippen LogP contribution in [0.3, 0.4) is 0 Å². The van der Waals surface area contributed by atoms with E-state index >= 15 is 0 Å². The normalized spacial score (nSPS) is 27.2. The number of carbonyl (C=O) groups is 1. The SMILES string of the molecule is CC(C)NC(C(=O)O)C1CCC(C(C)(C)C)CC1. The van der Waals surface area contributed by atoms with Crippen molar-refractivity contribution >= 4 is 5.97 Å². The number of rotatable bonds is 4. The van der Waals surface area contributed by atoms with Crippen LogP contribution >= 0.6 is 0 Å². The van der Waals surface area contributed by atoms with Gasteiger partial charge in [-0.1, -0.05) is 34.6 Å². The van der Waals surface area contributed by atoms with Gasteiger partial charge in [0.05, 0.1) is 0 Å². The van der Waals surface area contributed by atoms with E-state index in [9.17, 15) is 9.90 Å². The van der Waals surface area contributed by atoms with Crippen LogP contribution in [0, 0.1) is 17.3 Å². The highest BCUT2D eigenvalue weighted by Crippen LogP contribution is 2.40. The van der Waals surface area contributed by atoms with E-state index in [4.69, 9.17) is 0 Å². The van der Waals surface area contributed by atoms with Crippen LogP contribution in [0.2, 0.25) is 0 Å². The molecule has 0 saturated heterocycles. The lowest BCUT2D eigenvalue weighted by molar-refractivity contribution is -0.141. The number of carboxylic acids is 1. The molecule has 18 heavy (non-hydrogen) atoms. The molecule has 1 saturated carbocycles. The van der Waals surface area contributed by atoms with E-state index in [2.05, 4.69) is 26.1 Å². The molecule has 0 aromatic heterocycles. The maximum atomic E-state index is 11.4. The lowest BCUT2D eigenvalue weighted by atomic mass is 9.68. The third kappa shape index (κ3) is 4.27. The number of hydrogen-bond donors (Lipinski definition) is 2. The number of aliphatic carboxylic acids is 1. The first-order valence-electron chi connectivity index (χ1n) is 7.20. The molecule has 0 heterocycles. The summed E-state index contributed by atoms with van der Waals surface area (Å²) in [6, 6.07) is -0.141. The van der Waals surface area contributed by atoms with Gasteiger partial charge in [-0.15, -0.1) is 0 Å². The fraction of sp³-hybridized carbons (Fsp3) is 0.933. The Morgan fingerprint density at radius 2 is 1.67 bits per heavy atom.